The zero-order valence-electron chi connectivity index (χ0n) is 11.8. The number of aliphatic hydroxyl groups excluding tert-OH is 1. The van der Waals surface area contributed by atoms with E-state index in [1.807, 2.05) is 12.3 Å². The second-order valence-corrected chi connectivity index (χ2v) is 6.27. The van der Waals surface area contributed by atoms with Crippen LogP contribution in [0, 0.1) is 12.8 Å². The number of aliphatic hydroxyl groups is 1. The second-order valence-electron chi connectivity index (χ2n) is 5.45. The molecule has 0 spiro atoms. The summed E-state index contributed by atoms with van der Waals surface area (Å²) in [4.78, 5) is 23.5. The molecule has 0 bridgehead atoms. The van der Waals surface area contributed by atoms with E-state index >= 15 is 0 Å². The van der Waals surface area contributed by atoms with E-state index in [1.54, 1.807) is 4.57 Å². The van der Waals surface area contributed by atoms with Crippen LogP contribution in [0.5, 0.6) is 0 Å². The first-order valence-corrected chi connectivity index (χ1v) is 8.05. The van der Waals surface area contributed by atoms with Gasteiger partial charge in [-0.25, -0.2) is 0 Å². The molecule has 1 aromatic rings. The van der Waals surface area contributed by atoms with Gasteiger partial charge < -0.3 is 15.0 Å². The van der Waals surface area contributed by atoms with E-state index in [2.05, 4.69) is 5.32 Å². The van der Waals surface area contributed by atoms with Crippen molar-refractivity contribution in [2.45, 2.75) is 51.6 Å². The van der Waals surface area contributed by atoms with Crippen LogP contribution in [0.25, 0.3) is 0 Å². The molecule has 1 heterocycles. The number of rotatable bonds is 6. The zero-order chi connectivity index (χ0) is 14.5. The minimum absolute atomic E-state index is 0.0243. The van der Waals surface area contributed by atoms with Crippen LogP contribution >= 0.6 is 11.3 Å². The molecule has 1 saturated carbocycles. The molecule has 0 aromatic carbocycles. The number of hydrogen-bond acceptors (Lipinski definition) is 4. The third-order valence-corrected chi connectivity index (χ3v) is 4.88. The summed E-state index contributed by atoms with van der Waals surface area (Å²) in [6.45, 7) is 2.65. The molecule has 1 fully saturated rings. The van der Waals surface area contributed by atoms with Crippen LogP contribution in [-0.2, 0) is 11.3 Å². The standard InChI is InChI=1S/C14H22N2O3S/c1-10-9-20-14(19)16(10)7-3-6-13(18)15-12-5-2-4-11(12)8-17/h9,11-12,17H,2-8H2,1H3,(H,15,18). The van der Waals surface area contributed by atoms with Crippen molar-refractivity contribution >= 4 is 17.2 Å². The molecule has 2 atom stereocenters. The van der Waals surface area contributed by atoms with E-state index < -0.39 is 0 Å². The average molecular weight is 298 g/mol. The first-order valence-electron chi connectivity index (χ1n) is 7.17. The number of hydrogen-bond donors (Lipinski definition) is 2. The number of amides is 1. The van der Waals surface area contributed by atoms with Gasteiger partial charge in [-0.05, 0) is 26.2 Å². The molecule has 6 heteroatoms. The normalized spacial score (nSPS) is 22.1. The Kier molecular flexibility index (Phi) is 5.37. The van der Waals surface area contributed by atoms with Crippen LogP contribution in [0.15, 0.2) is 10.2 Å². The number of nitrogens with one attached hydrogen (secondary N) is 1. The molecular formula is C14H22N2O3S. The second kappa shape index (κ2) is 7.04. The summed E-state index contributed by atoms with van der Waals surface area (Å²) in [6, 6.07) is 0.123. The largest absolute Gasteiger partial charge is 0.396 e. The fraction of sp³-hybridized carbons (Fsp3) is 0.714. The Morgan fingerprint density at radius 1 is 1.55 bits per heavy atom. The van der Waals surface area contributed by atoms with Gasteiger partial charge in [-0.3, -0.25) is 9.59 Å². The van der Waals surface area contributed by atoms with E-state index in [1.165, 1.54) is 11.3 Å². The third kappa shape index (κ3) is 3.70. The molecule has 1 aliphatic rings. The fourth-order valence-corrected chi connectivity index (χ4v) is 3.56. The van der Waals surface area contributed by atoms with Crippen LogP contribution in [0.2, 0.25) is 0 Å². The van der Waals surface area contributed by atoms with Crippen molar-refractivity contribution in [1.82, 2.24) is 9.88 Å². The number of thiazole rings is 1. The maximum Gasteiger partial charge on any atom is 0.307 e. The van der Waals surface area contributed by atoms with E-state index in [0.717, 1.165) is 25.0 Å². The number of carbonyl (C=O) groups is 1. The van der Waals surface area contributed by atoms with Crippen LogP contribution in [0.1, 0.15) is 37.8 Å². The summed E-state index contributed by atoms with van der Waals surface area (Å²) in [5, 5.41) is 14.1. The van der Waals surface area contributed by atoms with E-state index in [-0.39, 0.29) is 29.3 Å². The number of aromatic nitrogens is 1. The predicted molar refractivity (Wildman–Crippen MR) is 78.9 cm³/mol. The lowest BCUT2D eigenvalue weighted by Crippen LogP contribution is -2.38. The van der Waals surface area contributed by atoms with Crippen LogP contribution < -0.4 is 10.2 Å². The minimum Gasteiger partial charge on any atom is -0.396 e. The lowest BCUT2D eigenvalue weighted by molar-refractivity contribution is -0.122. The van der Waals surface area contributed by atoms with Gasteiger partial charge in [0.1, 0.15) is 0 Å². The molecule has 0 aliphatic heterocycles. The van der Waals surface area contributed by atoms with E-state index in [4.69, 9.17) is 0 Å². The average Bonchev–Trinajstić information content (AvgIpc) is 2.99. The molecule has 20 heavy (non-hydrogen) atoms. The van der Waals surface area contributed by atoms with Crippen molar-refractivity contribution in [3.05, 3.63) is 20.7 Å². The first kappa shape index (κ1) is 15.3. The van der Waals surface area contributed by atoms with Gasteiger partial charge in [-0.15, -0.1) is 0 Å². The molecule has 2 unspecified atom stereocenters. The number of carbonyl (C=O) groups excluding carboxylic acids is 1. The Morgan fingerprint density at radius 3 is 3.00 bits per heavy atom. The molecule has 2 rings (SSSR count). The highest BCUT2D eigenvalue weighted by Gasteiger charge is 2.27. The summed E-state index contributed by atoms with van der Waals surface area (Å²) >= 11 is 1.20. The Hall–Kier alpha value is -1.14. The van der Waals surface area contributed by atoms with E-state index in [9.17, 15) is 14.7 Å². The SMILES string of the molecule is Cc1csc(=O)n1CCCC(=O)NC1CCCC1CO. The third-order valence-electron chi connectivity index (χ3n) is 4.00. The molecule has 0 saturated heterocycles. The molecule has 2 N–H and O–H groups in total. The Morgan fingerprint density at radius 2 is 2.35 bits per heavy atom. The van der Waals surface area contributed by atoms with Crippen molar-refractivity contribution in [2.75, 3.05) is 6.61 Å². The monoisotopic (exact) mass is 298 g/mol. The first-order chi connectivity index (χ1) is 9.61. The van der Waals surface area contributed by atoms with Gasteiger partial charge >= 0.3 is 4.87 Å². The van der Waals surface area contributed by atoms with Gasteiger partial charge in [0.25, 0.3) is 0 Å². The molecule has 5 nitrogen and oxygen atoms in total. The van der Waals surface area contributed by atoms with Gasteiger partial charge in [0.05, 0.1) is 0 Å². The molecule has 1 aromatic heterocycles. The maximum atomic E-state index is 11.9. The summed E-state index contributed by atoms with van der Waals surface area (Å²) < 4.78 is 1.71. The highest BCUT2D eigenvalue weighted by Crippen LogP contribution is 2.25. The molecule has 1 aliphatic carbocycles. The lowest BCUT2D eigenvalue weighted by atomic mass is 10.0. The highest BCUT2D eigenvalue weighted by molar-refractivity contribution is 7.07. The topological polar surface area (TPSA) is 71.3 Å². The molecule has 112 valence electrons. The molecule has 0 radical (unpaired) electrons. The Balaban J connectivity index is 1.74. The lowest BCUT2D eigenvalue weighted by Gasteiger charge is -2.19. The van der Waals surface area contributed by atoms with Crippen molar-refractivity contribution < 1.29 is 9.90 Å². The van der Waals surface area contributed by atoms with Gasteiger partial charge in [0.2, 0.25) is 5.91 Å². The maximum absolute atomic E-state index is 11.9. The quantitative estimate of drug-likeness (QED) is 0.831. The zero-order valence-corrected chi connectivity index (χ0v) is 12.6. The summed E-state index contributed by atoms with van der Waals surface area (Å²) in [7, 11) is 0. The highest BCUT2D eigenvalue weighted by atomic mass is 32.1. The van der Waals surface area contributed by atoms with Crippen LogP contribution in [0.4, 0.5) is 0 Å². The van der Waals surface area contributed by atoms with Gasteiger partial charge in [-0.1, -0.05) is 17.8 Å². The summed E-state index contributed by atoms with van der Waals surface area (Å²) in [5.41, 5.74) is 0.955. The van der Waals surface area contributed by atoms with Crippen molar-refractivity contribution in [3.63, 3.8) is 0 Å². The van der Waals surface area contributed by atoms with Crippen molar-refractivity contribution in [1.29, 1.82) is 0 Å². The fourth-order valence-electron chi connectivity index (χ4n) is 2.80. The number of aryl methyl sites for hydroxylation is 1. The van der Waals surface area contributed by atoms with Crippen molar-refractivity contribution in [2.24, 2.45) is 5.92 Å². The predicted octanol–water partition coefficient (Wildman–Crippen LogP) is 1.28. The summed E-state index contributed by atoms with van der Waals surface area (Å²) in [5.74, 6) is 0.233. The molecule has 1 amide bonds. The minimum atomic E-state index is 0.0243. The van der Waals surface area contributed by atoms with Crippen LogP contribution in [0.3, 0.4) is 0 Å². The van der Waals surface area contributed by atoms with Gasteiger partial charge in [0.15, 0.2) is 0 Å². The Labute approximate surface area is 122 Å². The van der Waals surface area contributed by atoms with Gasteiger partial charge in [0, 0.05) is 42.6 Å². The van der Waals surface area contributed by atoms with Crippen LogP contribution in [-0.4, -0.2) is 28.2 Å². The van der Waals surface area contributed by atoms with Gasteiger partial charge in [-0.2, -0.15) is 0 Å². The smallest absolute Gasteiger partial charge is 0.307 e. The molecular weight excluding hydrogens is 276 g/mol. The Bertz CT molecular complexity index is 509. The van der Waals surface area contributed by atoms with E-state index in [0.29, 0.717) is 19.4 Å². The summed E-state index contributed by atoms with van der Waals surface area (Å²) in [6.07, 6.45) is 4.11. The van der Waals surface area contributed by atoms with Crippen molar-refractivity contribution in [3.8, 4) is 0 Å². The number of nitrogens with zero attached hydrogens (tertiary/aromatic N) is 1.